The number of ether oxygens (including phenoxy) is 4. The van der Waals surface area contributed by atoms with Gasteiger partial charge in [-0.05, 0) is 167 Å². The zero-order valence-electron chi connectivity index (χ0n) is 62.7. The van der Waals surface area contributed by atoms with Crippen LogP contribution in [-0.4, -0.2) is 82.3 Å². The van der Waals surface area contributed by atoms with Crippen LogP contribution in [0.15, 0.2) is 243 Å². The molecule has 0 aromatic carbocycles. The van der Waals surface area contributed by atoms with Crippen LogP contribution in [0.25, 0.3) is 0 Å². The van der Waals surface area contributed by atoms with Gasteiger partial charge in [-0.3, -0.25) is 9.59 Å². The maximum absolute atomic E-state index is 13.0. The lowest BCUT2D eigenvalue weighted by atomic mass is 10.1. The Bertz CT molecular complexity index is 2540. The van der Waals surface area contributed by atoms with Gasteiger partial charge in [-0.1, -0.05) is 308 Å². The normalized spacial score (nSPS) is 14.1. The van der Waals surface area contributed by atoms with Crippen molar-refractivity contribution in [2.45, 2.75) is 257 Å². The average Bonchev–Trinajstić information content (AvgIpc) is 1.41. The molecule has 9 heteroatoms. The van der Waals surface area contributed by atoms with Crippen molar-refractivity contribution in [3.63, 3.8) is 0 Å². The van der Waals surface area contributed by atoms with Crippen LogP contribution in [0.4, 0.5) is 0 Å². The molecule has 0 aliphatic heterocycles. The van der Waals surface area contributed by atoms with Gasteiger partial charge in [0.1, 0.15) is 13.2 Å². The van der Waals surface area contributed by atoms with Gasteiger partial charge in [0.25, 0.3) is 0 Å². The number of likely N-dealkylation sites (N-methyl/N-ethyl adjacent to an activating group) is 1. The van der Waals surface area contributed by atoms with E-state index >= 15 is 0 Å². The summed E-state index contributed by atoms with van der Waals surface area (Å²) in [7, 11) is 5.90. The van der Waals surface area contributed by atoms with E-state index in [4.69, 9.17) is 18.9 Å². The molecule has 0 aliphatic rings. The molecular formula is C90H137NO8. The largest absolute Gasteiger partial charge is 0.545 e. The van der Waals surface area contributed by atoms with Crippen LogP contribution in [0, 0.1) is 0 Å². The molecule has 9 nitrogen and oxygen atoms in total. The number of hydrogen-bond acceptors (Lipinski definition) is 8. The Balaban J connectivity index is 4.26. The lowest BCUT2D eigenvalue weighted by molar-refractivity contribution is -0.870. The van der Waals surface area contributed by atoms with Crippen molar-refractivity contribution in [2.75, 3.05) is 47.5 Å². The molecule has 0 spiro atoms. The number of carboxylic acid groups (broad SMARTS) is 1. The molecule has 99 heavy (non-hydrogen) atoms. The minimum absolute atomic E-state index is 0.128. The maximum Gasteiger partial charge on any atom is 0.306 e. The number of allylic oxidation sites excluding steroid dienone is 40. The Morgan fingerprint density at radius 3 is 0.808 bits per heavy atom. The highest BCUT2D eigenvalue weighted by atomic mass is 16.7. The number of nitrogens with zero attached hydrogens (tertiary/aromatic N) is 1. The van der Waals surface area contributed by atoms with Crippen molar-refractivity contribution in [3.05, 3.63) is 243 Å². The third-order valence-electron chi connectivity index (χ3n) is 15.1. The van der Waals surface area contributed by atoms with Gasteiger partial charge >= 0.3 is 11.9 Å². The van der Waals surface area contributed by atoms with Crippen molar-refractivity contribution in [2.24, 2.45) is 0 Å². The number of unbranched alkanes of at least 4 members (excludes halogenated alkanes) is 12. The van der Waals surface area contributed by atoms with Gasteiger partial charge in [0.05, 0.1) is 40.3 Å². The van der Waals surface area contributed by atoms with Gasteiger partial charge in [0, 0.05) is 12.8 Å². The molecule has 0 saturated heterocycles. The van der Waals surface area contributed by atoms with Gasteiger partial charge in [0.15, 0.2) is 12.4 Å². The number of quaternary nitrogens is 1. The molecule has 0 bridgehead atoms. The maximum atomic E-state index is 13.0. The third kappa shape index (κ3) is 78.3. The number of carbonyl (C=O) groups is 3. The SMILES string of the molecule is CC/C=C\C/C=C\C/C=C\C/C=C\C/C=C\C/C=C\C/C=C\C/C=C\C/C=C\C/C=C\CCCCCCCCC(=O)OCC(COC(OCC[N+](C)(C)C)C(=O)[O-])OC(=O)CCCCCCCC/C=C\C/C=C\C/C=C\C/C=C\C/C=C\C/C=C\C/C=C\C/C=C\C/C=C\C/C=C\CC. The fourth-order valence-electron chi connectivity index (χ4n) is 9.36. The average molecular weight is 1360 g/mol. The first-order valence-corrected chi connectivity index (χ1v) is 38.2. The Hall–Kier alpha value is -6.91. The first-order chi connectivity index (χ1) is 48.6. The molecular weight excluding hydrogens is 1220 g/mol. The second-order valence-electron chi connectivity index (χ2n) is 25.5. The quantitative estimate of drug-likeness (QED) is 0.0195. The number of esters is 2. The van der Waals surface area contributed by atoms with Crippen molar-refractivity contribution in [3.8, 4) is 0 Å². The van der Waals surface area contributed by atoms with Crippen molar-refractivity contribution in [1.29, 1.82) is 0 Å². The Morgan fingerprint density at radius 1 is 0.303 bits per heavy atom. The molecule has 2 unspecified atom stereocenters. The highest BCUT2D eigenvalue weighted by molar-refractivity contribution is 5.70. The van der Waals surface area contributed by atoms with Gasteiger partial charge in [-0.25, -0.2) is 0 Å². The molecule has 0 amide bonds. The van der Waals surface area contributed by atoms with Crippen molar-refractivity contribution < 1.29 is 42.9 Å². The highest BCUT2D eigenvalue weighted by Gasteiger charge is 2.22. The molecule has 0 rings (SSSR count). The predicted octanol–water partition coefficient (Wildman–Crippen LogP) is 23.5. The second kappa shape index (κ2) is 76.8. The van der Waals surface area contributed by atoms with Crippen LogP contribution in [0.3, 0.4) is 0 Å². The van der Waals surface area contributed by atoms with Crippen LogP contribution in [0.2, 0.25) is 0 Å². The molecule has 0 aliphatic carbocycles. The van der Waals surface area contributed by atoms with E-state index in [0.717, 1.165) is 205 Å². The third-order valence-corrected chi connectivity index (χ3v) is 15.1. The van der Waals surface area contributed by atoms with E-state index in [1.807, 2.05) is 21.1 Å². The lowest BCUT2D eigenvalue weighted by Gasteiger charge is -2.26. The summed E-state index contributed by atoms with van der Waals surface area (Å²) in [5, 5.41) is 11.9. The summed E-state index contributed by atoms with van der Waals surface area (Å²) in [5.41, 5.74) is 0. The van der Waals surface area contributed by atoms with Gasteiger partial charge < -0.3 is 33.3 Å². The summed E-state index contributed by atoms with van der Waals surface area (Å²) in [6.45, 7) is 4.45. The van der Waals surface area contributed by atoms with Gasteiger partial charge in [0.2, 0.25) is 0 Å². The van der Waals surface area contributed by atoms with E-state index in [1.165, 1.54) is 0 Å². The van der Waals surface area contributed by atoms with Gasteiger partial charge in [-0.2, -0.15) is 0 Å². The minimum atomic E-state index is -1.65. The number of rotatable bonds is 67. The van der Waals surface area contributed by atoms with Crippen LogP contribution in [-0.2, 0) is 33.3 Å². The van der Waals surface area contributed by atoms with Crippen LogP contribution < -0.4 is 5.11 Å². The molecule has 0 heterocycles. The molecule has 0 aromatic heterocycles. The van der Waals surface area contributed by atoms with Crippen molar-refractivity contribution in [1.82, 2.24) is 0 Å². The molecule has 0 fully saturated rings. The molecule has 2 atom stereocenters. The summed E-state index contributed by atoms with van der Waals surface area (Å²) in [5.74, 6) is -2.35. The number of aliphatic carboxylic acids is 1. The second-order valence-corrected chi connectivity index (χ2v) is 25.5. The highest BCUT2D eigenvalue weighted by Crippen LogP contribution is 2.14. The Morgan fingerprint density at radius 2 is 0.545 bits per heavy atom. The van der Waals surface area contributed by atoms with E-state index in [-0.39, 0.29) is 38.6 Å². The lowest BCUT2D eigenvalue weighted by Crippen LogP contribution is -2.44. The van der Waals surface area contributed by atoms with Crippen LogP contribution in [0.5, 0.6) is 0 Å². The topological polar surface area (TPSA) is 111 Å². The van der Waals surface area contributed by atoms with Gasteiger partial charge in [-0.15, -0.1) is 0 Å². The van der Waals surface area contributed by atoms with Crippen LogP contribution >= 0.6 is 0 Å². The minimum Gasteiger partial charge on any atom is -0.545 e. The Labute approximate surface area is 605 Å². The zero-order chi connectivity index (χ0) is 71.8. The van der Waals surface area contributed by atoms with E-state index in [1.54, 1.807) is 0 Å². The summed E-state index contributed by atoms with van der Waals surface area (Å²) in [4.78, 5) is 37.6. The standard InChI is InChI=1S/C90H137NO8/c1-6-8-10-12-14-16-18-20-22-24-26-28-30-32-34-36-38-40-42-44-46-48-50-52-54-56-58-60-62-64-66-68-70-72-74-76-78-80-87(92)97-84-86(85-98-90(89(94)95)96-83-82-91(3,4)5)99-88(93)81-79-77-75-73-71-69-67-65-63-61-59-57-55-53-51-49-47-45-43-41-39-37-35-33-31-29-27-25-23-21-19-17-15-13-11-9-7-2/h8-11,14-17,20-23,26-29,32-35,38-41,44-47,50-53,56-59,62-65,86,90H,6-7,12-13,18-19,24-25,30-31,36-37,42-43,48-49,54-55,60-61,66-85H2,1-5H3/b10-8-,11-9-,16-14-,17-15-,22-20-,23-21-,28-26-,29-27-,34-32-,35-33-,40-38-,41-39-,46-44-,47-45-,52-50-,53-51-,58-56-,59-57-,64-62-,65-63-. The number of carbonyl (C=O) groups excluding carboxylic acids is 3. The first-order valence-electron chi connectivity index (χ1n) is 38.2. The number of hydrogen-bond donors (Lipinski definition) is 0. The fraction of sp³-hybridized carbons (Fsp3) is 0.522. The van der Waals surface area contributed by atoms with E-state index < -0.39 is 24.3 Å². The molecule has 0 N–H and O–H groups in total. The molecule has 0 saturated carbocycles. The first kappa shape index (κ1) is 92.1. The summed E-state index contributed by atoms with van der Waals surface area (Å²) < 4.78 is 22.8. The number of carboxylic acids is 1. The van der Waals surface area contributed by atoms with E-state index in [9.17, 15) is 19.5 Å². The summed E-state index contributed by atoms with van der Waals surface area (Å²) in [6, 6.07) is 0. The predicted molar refractivity (Wildman–Crippen MR) is 425 cm³/mol. The molecule has 550 valence electrons. The smallest absolute Gasteiger partial charge is 0.306 e. The van der Waals surface area contributed by atoms with Crippen LogP contribution in [0.1, 0.15) is 245 Å². The monoisotopic (exact) mass is 1360 g/mol. The van der Waals surface area contributed by atoms with Crippen molar-refractivity contribution >= 4 is 17.9 Å². The fourth-order valence-corrected chi connectivity index (χ4v) is 9.36. The summed E-state index contributed by atoms with van der Waals surface area (Å²) >= 11 is 0. The van der Waals surface area contributed by atoms with E-state index in [2.05, 4.69) is 257 Å². The molecule has 0 aromatic rings. The molecule has 0 radical (unpaired) electrons. The summed E-state index contributed by atoms with van der Waals surface area (Å²) in [6.07, 6.45) is 121. The Kier molecular flexibility index (Phi) is 71.5. The van der Waals surface area contributed by atoms with E-state index in [0.29, 0.717) is 23.9 Å². The zero-order valence-corrected chi connectivity index (χ0v) is 62.7.